The van der Waals surface area contributed by atoms with Crippen molar-refractivity contribution >= 4 is 5.97 Å². The van der Waals surface area contributed by atoms with Gasteiger partial charge in [0.25, 0.3) is 0 Å². The normalized spacial score (nSPS) is 14.4. The summed E-state index contributed by atoms with van der Waals surface area (Å²) in [4.78, 5) is 11.5. The van der Waals surface area contributed by atoms with Crippen LogP contribution in [0.4, 0.5) is 0 Å². The van der Waals surface area contributed by atoms with Crippen LogP contribution in [0.15, 0.2) is 0 Å². The molecule has 0 aromatic rings. The molecule has 0 aliphatic carbocycles. The number of hydrogen-bond donors (Lipinski definition) is 1. The second-order valence-electron chi connectivity index (χ2n) is 3.72. The van der Waals surface area contributed by atoms with Gasteiger partial charge in [-0.25, -0.2) is 0 Å². The molecule has 5 heteroatoms. The van der Waals surface area contributed by atoms with E-state index in [9.17, 15) is 4.79 Å². The third-order valence-electron chi connectivity index (χ3n) is 2.29. The number of nitrogens with one attached hydrogen (secondary N) is 1. The van der Waals surface area contributed by atoms with Gasteiger partial charge in [-0.2, -0.15) is 0 Å². The van der Waals surface area contributed by atoms with E-state index in [1.807, 2.05) is 13.8 Å². The fourth-order valence-corrected chi connectivity index (χ4v) is 1.34. The monoisotopic (exact) mass is 247 g/mol. The molecule has 0 radical (unpaired) electrons. The lowest BCUT2D eigenvalue weighted by Gasteiger charge is -2.17. The summed E-state index contributed by atoms with van der Waals surface area (Å²) >= 11 is 0. The van der Waals surface area contributed by atoms with Crippen molar-refractivity contribution < 1.29 is 19.0 Å². The number of carbonyl (C=O) groups excluding carboxylic acids is 1. The zero-order chi connectivity index (χ0) is 13.1. The van der Waals surface area contributed by atoms with E-state index in [4.69, 9.17) is 14.2 Å². The Labute approximate surface area is 104 Å². The summed E-state index contributed by atoms with van der Waals surface area (Å²) in [5.74, 6) is -0.226. The van der Waals surface area contributed by atoms with Crippen LogP contribution in [-0.4, -0.2) is 51.6 Å². The molecule has 102 valence electrons. The minimum absolute atomic E-state index is 0.0506. The molecule has 0 aliphatic rings. The molecule has 0 aromatic heterocycles. The zero-order valence-corrected chi connectivity index (χ0v) is 11.3. The molecule has 0 aromatic carbocycles. The maximum atomic E-state index is 11.5. The van der Waals surface area contributed by atoms with Gasteiger partial charge in [-0.05, 0) is 34.2 Å². The van der Waals surface area contributed by atoms with Crippen molar-refractivity contribution in [3.05, 3.63) is 0 Å². The lowest BCUT2D eigenvalue weighted by molar-refractivity contribution is -0.146. The molecule has 0 rings (SSSR count). The summed E-state index contributed by atoms with van der Waals surface area (Å²) < 4.78 is 15.7. The first-order valence-electron chi connectivity index (χ1n) is 6.18. The Kier molecular flexibility index (Phi) is 10.1. The minimum atomic E-state index is -0.297. The predicted octanol–water partition coefficient (Wildman–Crippen LogP) is 0.969. The maximum absolute atomic E-state index is 11.5. The van der Waals surface area contributed by atoms with Crippen LogP contribution in [0.2, 0.25) is 0 Å². The molecule has 1 N–H and O–H groups in total. The van der Waals surface area contributed by atoms with Gasteiger partial charge in [0.2, 0.25) is 0 Å². The van der Waals surface area contributed by atoms with Gasteiger partial charge in [0, 0.05) is 13.2 Å². The van der Waals surface area contributed by atoms with Crippen molar-refractivity contribution in [2.75, 3.05) is 33.5 Å². The SMILES string of the molecule is CCOCC(C)OCCC(NC)C(=O)OCC. The first-order chi connectivity index (χ1) is 8.15. The van der Waals surface area contributed by atoms with E-state index in [1.54, 1.807) is 14.0 Å². The van der Waals surface area contributed by atoms with E-state index < -0.39 is 0 Å². The highest BCUT2D eigenvalue weighted by atomic mass is 16.5. The van der Waals surface area contributed by atoms with E-state index in [1.165, 1.54) is 0 Å². The Morgan fingerprint density at radius 1 is 1.29 bits per heavy atom. The Morgan fingerprint density at radius 3 is 2.53 bits per heavy atom. The summed E-state index contributed by atoms with van der Waals surface area (Å²) in [6.07, 6.45) is 0.654. The molecule has 0 bridgehead atoms. The highest BCUT2D eigenvalue weighted by Crippen LogP contribution is 1.99. The molecule has 0 saturated heterocycles. The van der Waals surface area contributed by atoms with Crippen LogP contribution in [0.5, 0.6) is 0 Å². The number of hydrogen-bond acceptors (Lipinski definition) is 5. The molecule has 0 fully saturated rings. The molecule has 2 atom stereocenters. The molecule has 0 amide bonds. The maximum Gasteiger partial charge on any atom is 0.323 e. The number of esters is 1. The number of likely N-dealkylation sites (N-methyl/N-ethyl adjacent to an activating group) is 1. The average Bonchev–Trinajstić information content (AvgIpc) is 2.32. The van der Waals surface area contributed by atoms with E-state index in [-0.39, 0.29) is 18.1 Å². The topological polar surface area (TPSA) is 56.8 Å². The van der Waals surface area contributed by atoms with Gasteiger partial charge in [-0.3, -0.25) is 4.79 Å². The molecule has 0 saturated carbocycles. The highest BCUT2D eigenvalue weighted by molar-refractivity contribution is 5.75. The third kappa shape index (κ3) is 8.12. The smallest absolute Gasteiger partial charge is 0.323 e. The zero-order valence-electron chi connectivity index (χ0n) is 11.3. The van der Waals surface area contributed by atoms with Crippen molar-refractivity contribution in [3.63, 3.8) is 0 Å². The van der Waals surface area contributed by atoms with Crippen LogP contribution in [-0.2, 0) is 19.0 Å². The second-order valence-corrected chi connectivity index (χ2v) is 3.72. The predicted molar refractivity (Wildman–Crippen MR) is 66.0 cm³/mol. The van der Waals surface area contributed by atoms with Crippen LogP contribution in [0.3, 0.4) is 0 Å². The molecule has 0 aliphatic heterocycles. The lowest BCUT2D eigenvalue weighted by Crippen LogP contribution is -2.37. The Balaban J connectivity index is 3.72. The van der Waals surface area contributed by atoms with Crippen LogP contribution >= 0.6 is 0 Å². The third-order valence-corrected chi connectivity index (χ3v) is 2.29. The molecule has 0 heterocycles. The Bertz CT molecular complexity index is 199. The lowest BCUT2D eigenvalue weighted by atomic mass is 10.2. The number of rotatable bonds is 10. The van der Waals surface area contributed by atoms with Gasteiger partial charge < -0.3 is 19.5 Å². The van der Waals surface area contributed by atoms with Gasteiger partial charge in [-0.1, -0.05) is 0 Å². The quantitative estimate of drug-likeness (QED) is 0.583. The van der Waals surface area contributed by atoms with Gasteiger partial charge in [-0.15, -0.1) is 0 Å². The average molecular weight is 247 g/mol. The van der Waals surface area contributed by atoms with Gasteiger partial charge >= 0.3 is 5.97 Å². The summed E-state index contributed by atoms with van der Waals surface area (Å²) in [5.41, 5.74) is 0. The summed E-state index contributed by atoms with van der Waals surface area (Å²) in [6.45, 7) is 7.89. The van der Waals surface area contributed by atoms with Crippen molar-refractivity contribution in [1.29, 1.82) is 0 Å². The molecule has 17 heavy (non-hydrogen) atoms. The van der Waals surface area contributed by atoms with Gasteiger partial charge in [0.15, 0.2) is 0 Å². The number of ether oxygens (including phenoxy) is 3. The standard InChI is InChI=1S/C12H25NO4/c1-5-15-9-10(3)17-8-7-11(13-4)12(14)16-6-2/h10-11,13H,5-9H2,1-4H3. The fraction of sp³-hybridized carbons (Fsp3) is 0.917. The van der Waals surface area contributed by atoms with E-state index in [0.29, 0.717) is 32.8 Å². The molecular weight excluding hydrogens is 222 g/mol. The summed E-state index contributed by atoms with van der Waals surface area (Å²) in [7, 11) is 1.74. The Hall–Kier alpha value is -0.650. The largest absolute Gasteiger partial charge is 0.465 e. The van der Waals surface area contributed by atoms with Gasteiger partial charge in [0.05, 0.1) is 19.3 Å². The first-order valence-corrected chi connectivity index (χ1v) is 6.18. The number of carbonyl (C=O) groups is 1. The van der Waals surface area contributed by atoms with Crippen molar-refractivity contribution in [2.45, 2.75) is 39.3 Å². The minimum Gasteiger partial charge on any atom is -0.465 e. The van der Waals surface area contributed by atoms with Crippen LogP contribution < -0.4 is 5.32 Å². The fourth-order valence-electron chi connectivity index (χ4n) is 1.34. The molecule has 5 nitrogen and oxygen atoms in total. The van der Waals surface area contributed by atoms with E-state index in [0.717, 1.165) is 0 Å². The van der Waals surface area contributed by atoms with Crippen LogP contribution in [0.1, 0.15) is 27.2 Å². The van der Waals surface area contributed by atoms with Crippen molar-refractivity contribution in [3.8, 4) is 0 Å². The molecule has 0 spiro atoms. The molecule has 2 unspecified atom stereocenters. The van der Waals surface area contributed by atoms with Gasteiger partial charge in [0.1, 0.15) is 6.04 Å². The van der Waals surface area contributed by atoms with Crippen LogP contribution in [0.25, 0.3) is 0 Å². The first kappa shape index (κ1) is 16.4. The second kappa shape index (κ2) is 10.5. The van der Waals surface area contributed by atoms with Crippen molar-refractivity contribution in [2.24, 2.45) is 0 Å². The van der Waals surface area contributed by atoms with E-state index in [2.05, 4.69) is 5.32 Å². The summed E-state index contributed by atoms with van der Waals surface area (Å²) in [5, 5.41) is 2.92. The molecular formula is C12H25NO4. The van der Waals surface area contributed by atoms with E-state index >= 15 is 0 Å². The summed E-state index contributed by atoms with van der Waals surface area (Å²) in [6, 6.07) is -0.297. The van der Waals surface area contributed by atoms with Crippen LogP contribution in [0, 0.1) is 0 Å². The Morgan fingerprint density at radius 2 is 2.00 bits per heavy atom. The highest BCUT2D eigenvalue weighted by Gasteiger charge is 2.17. The van der Waals surface area contributed by atoms with Crippen molar-refractivity contribution in [1.82, 2.24) is 5.32 Å².